The van der Waals surface area contributed by atoms with Crippen LogP contribution in [0.4, 0.5) is 0 Å². The number of rotatable bonds is 3. The van der Waals surface area contributed by atoms with Crippen molar-refractivity contribution >= 4 is 11.8 Å². The Labute approximate surface area is 220 Å². The zero-order valence-corrected chi connectivity index (χ0v) is 22.6. The molecule has 0 saturated heterocycles. The summed E-state index contributed by atoms with van der Waals surface area (Å²) in [5.41, 5.74) is 2.23. The summed E-state index contributed by atoms with van der Waals surface area (Å²) >= 11 is 0. The number of carbonyl (C=O) groups excluding carboxylic acids is 2. The topological polar surface area (TPSA) is 56.5 Å². The highest BCUT2D eigenvalue weighted by molar-refractivity contribution is 5.96. The minimum atomic E-state index is -0.508. The first-order valence-electron chi connectivity index (χ1n) is 13.8. The molecule has 194 valence electrons. The monoisotopic (exact) mass is 498 g/mol. The molecule has 7 atom stereocenters. The Morgan fingerprint density at radius 2 is 1.78 bits per heavy atom. The van der Waals surface area contributed by atoms with Gasteiger partial charge in [-0.05, 0) is 84.1 Å². The van der Waals surface area contributed by atoms with E-state index >= 15 is 0 Å². The zero-order chi connectivity index (χ0) is 26.2. The summed E-state index contributed by atoms with van der Waals surface area (Å²) < 4.78 is 12.0. The van der Waals surface area contributed by atoms with Crippen LogP contribution < -0.4 is 0 Å². The van der Waals surface area contributed by atoms with Gasteiger partial charge in [0.15, 0.2) is 5.78 Å². The third kappa shape index (κ3) is 3.26. The van der Waals surface area contributed by atoms with Gasteiger partial charge < -0.3 is 9.15 Å². The summed E-state index contributed by atoms with van der Waals surface area (Å²) in [6, 6.07) is 11.4. The minimum absolute atomic E-state index is 0.0283. The van der Waals surface area contributed by atoms with Gasteiger partial charge in [0.2, 0.25) is 0 Å². The van der Waals surface area contributed by atoms with Gasteiger partial charge in [-0.25, -0.2) is 4.79 Å². The predicted molar refractivity (Wildman–Crippen MR) is 143 cm³/mol. The number of fused-ring (bicyclic) bond motifs is 5. The average Bonchev–Trinajstić information content (AvgIpc) is 3.52. The van der Waals surface area contributed by atoms with Crippen molar-refractivity contribution in [3.05, 3.63) is 83.9 Å². The molecule has 0 unspecified atom stereocenters. The van der Waals surface area contributed by atoms with Crippen LogP contribution in [0.25, 0.3) is 0 Å². The molecule has 0 spiro atoms. The molecule has 0 aliphatic heterocycles. The molecule has 6 rings (SSSR count). The van der Waals surface area contributed by atoms with Crippen LogP contribution >= 0.6 is 0 Å². The van der Waals surface area contributed by atoms with E-state index in [9.17, 15) is 9.59 Å². The zero-order valence-electron chi connectivity index (χ0n) is 22.6. The Bertz CT molecular complexity index is 1280. The van der Waals surface area contributed by atoms with Crippen LogP contribution in [-0.2, 0) is 9.53 Å². The standard InChI is InChI=1S/C33H38O4/c1-30(2)26-19-28(37-29(35)21-9-7-6-8-10-21)33(5)24-12-11-23(22-15-18-36-20-22)31(24,3)16-13-25(33)32(26,4)17-14-27(30)34/h6-10,12,14-15,17-18,20,23,25-26,28H,11,13,16,19H2,1-5H3/t23-,25+,26-,28+,31-,32+,33-/m0/s1. The van der Waals surface area contributed by atoms with E-state index in [0.717, 1.165) is 19.3 Å². The van der Waals surface area contributed by atoms with E-state index in [4.69, 9.17) is 9.15 Å². The molecular formula is C33H38O4. The van der Waals surface area contributed by atoms with Crippen molar-refractivity contribution in [2.24, 2.45) is 33.5 Å². The summed E-state index contributed by atoms with van der Waals surface area (Å²) in [4.78, 5) is 26.6. The molecule has 37 heavy (non-hydrogen) atoms. The molecule has 0 N–H and O–H groups in total. The molecule has 2 aromatic rings. The lowest BCUT2D eigenvalue weighted by atomic mass is 9.38. The van der Waals surface area contributed by atoms with Gasteiger partial charge in [0.25, 0.3) is 0 Å². The van der Waals surface area contributed by atoms with Gasteiger partial charge in [0.1, 0.15) is 6.10 Å². The van der Waals surface area contributed by atoms with Crippen LogP contribution in [0.3, 0.4) is 0 Å². The number of allylic oxidation sites excluding steroid dienone is 3. The molecule has 2 saturated carbocycles. The quantitative estimate of drug-likeness (QED) is 0.324. The highest BCUT2D eigenvalue weighted by Gasteiger charge is 2.68. The van der Waals surface area contributed by atoms with Crippen molar-refractivity contribution in [2.45, 2.75) is 72.3 Å². The maximum absolute atomic E-state index is 13.5. The van der Waals surface area contributed by atoms with Crippen molar-refractivity contribution in [3.63, 3.8) is 0 Å². The summed E-state index contributed by atoms with van der Waals surface area (Å²) in [7, 11) is 0. The van der Waals surface area contributed by atoms with Gasteiger partial charge in [0, 0.05) is 10.8 Å². The van der Waals surface area contributed by atoms with Crippen molar-refractivity contribution in [1.29, 1.82) is 0 Å². The number of ether oxygens (including phenoxy) is 1. The molecule has 0 amide bonds. The Morgan fingerprint density at radius 3 is 2.49 bits per heavy atom. The third-order valence-corrected chi connectivity index (χ3v) is 11.1. The Kier molecular flexibility index (Phi) is 5.33. The highest BCUT2D eigenvalue weighted by Crippen LogP contribution is 2.72. The van der Waals surface area contributed by atoms with Gasteiger partial charge in [-0.1, -0.05) is 70.5 Å². The van der Waals surface area contributed by atoms with E-state index in [1.807, 2.05) is 42.7 Å². The lowest BCUT2D eigenvalue weighted by Crippen LogP contribution is -2.64. The van der Waals surface area contributed by atoms with Gasteiger partial charge in [-0.15, -0.1) is 0 Å². The first-order valence-corrected chi connectivity index (χ1v) is 13.8. The van der Waals surface area contributed by atoms with Crippen LogP contribution in [0.1, 0.15) is 82.1 Å². The molecule has 1 aromatic heterocycles. The third-order valence-electron chi connectivity index (χ3n) is 11.1. The second kappa shape index (κ2) is 8.06. The van der Waals surface area contributed by atoms with Crippen LogP contribution in [0.2, 0.25) is 0 Å². The molecular weight excluding hydrogens is 460 g/mol. The fourth-order valence-corrected chi connectivity index (χ4v) is 9.17. The smallest absolute Gasteiger partial charge is 0.338 e. The first-order chi connectivity index (χ1) is 17.5. The van der Waals surface area contributed by atoms with Crippen molar-refractivity contribution in [2.75, 3.05) is 0 Å². The predicted octanol–water partition coefficient (Wildman–Crippen LogP) is 7.53. The number of benzene rings is 1. The van der Waals surface area contributed by atoms with Crippen molar-refractivity contribution in [1.82, 2.24) is 0 Å². The number of carbonyl (C=O) groups is 2. The minimum Gasteiger partial charge on any atom is -0.472 e. The van der Waals surface area contributed by atoms with E-state index < -0.39 is 5.41 Å². The number of ketones is 1. The highest BCUT2D eigenvalue weighted by atomic mass is 16.5. The molecule has 4 aliphatic carbocycles. The molecule has 4 nitrogen and oxygen atoms in total. The van der Waals surface area contributed by atoms with Gasteiger partial charge in [0.05, 0.1) is 18.1 Å². The molecule has 4 heteroatoms. The Hall–Kier alpha value is -2.88. The normalized spacial score (nSPS) is 39.8. The maximum atomic E-state index is 13.5. The number of hydrogen-bond acceptors (Lipinski definition) is 4. The lowest BCUT2D eigenvalue weighted by Gasteiger charge is -2.66. The van der Waals surface area contributed by atoms with Crippen LogP contribution in [0.15, 0.2) is 77.1 Å². The summed E-state index contributed by atoms with van der Waals surface area (Å²) in [5, 5.41) is 0. The van der Waals surface area contributed by atoms with E-state index in [1.165, 1.54) is 11.1 Å². The Balaban J connectivity index is 1.47. The average molecular weight is 499 g/mol. The molecule has 1 aromatic carbocycles. The molecule has 0 bridgehead atoms. The summed E-state index contributed by atoms with van der Waals surface area (Å²) in [6.07, 6.45) is 13.6. The van der Waals surface area contributed by atoms with Crippen molar-refractivity contribution in [3.8, 4) is 0 Å². The first kappa shape index (κ1) is 24.5. The molecule has 1 heterocycles. The molecule has 0 radical (unpaired) electrons. The van der Waals surface area contributed by atoms with Gasteiger partial charge in [-0.2, -0.15) is 0 Å². The second-order valence-corrected chi connectivity index (χ2v) is 13.1. The molecule has 2 fully saturated rings. The number of hydrogen-bond donors (Lipinski definition) is 0. The number of esters is 1. The van der Waals surface area contributed by atoms with Crippen LogP contribution in [0, 0.1) is 33.5 Å². The van der Waals surface area contributed by atoms with E-state index in [0.29, 0.717) is 17.9 Å². The fraction of sp³-hybridized carbons (Fsp3) is 0.515. The summed E-state index contributed by atoms with van der Waals surface area (Å²) in [6.45, 7) is 11.3. The fourth-order valence-electron chi connectivity index (χ4n) is 9.17. The van der Waals surface area contributed by atoms with Crippen molar-refractivity contribution < 1.29 is 18.7 Å². The Morgan fingerprint density at radius 1 is 1.03 bits per heavy atom. The van der Waals surface area contributed by atoms with Gasteiger partial charge >= 0.3 is 5.97 Å². The van der Waals surface area contributed by atoms with Gasteiger partial charge in [-0.3, -0.25) is 4.79 Å². The van der Waals surface area contributed by atoms with Crippen LogP contribution in [-0.4, -0.2) is 17.9 Å². The summed E-state index contributed by atoms with van der Waals surface area (Å²) in [5.74, 6) is 0.614. The lowest BCUT2D eigenvalue weighted by molar-refractivity contribution is -0.165. The van der Waals surface area contributed by atoms with E-state index in [-0.39, 0.29) is 45.9 Å². The largest absolute Gasteiger partial charge is 0.472 e. The van der Waals surface area contributed by atoms with Crippen LogP contribution in [0.5, 0.6) is 0 Å². The second-order valence-electron chi connectivity index (χ2n) is 13.1. The maximum Gasteiger partial charge on any atom is 0.338 e. The molecule has 4 aliphatic rings. The number of furan rings is 1. The van der Waals surface area contributed by atoms with E-state index in [1.54, 1.807) is 6.26 Å². The van der Waals surface area contributed by atoms with E-state index in [2.05, 4.69) is 52.8 Å². The SMILES string of the molecule is CC1(C)C(=O)C=C[C@]2(C)[C@H]3CC[C@]4(C)C(=CC[C@H]4c4ccoc4)[C@]3(C)[C@H](OC(=O)c3ccccc3)C[C@@H]12.